The zero-order chi connectivity index (χ0) is 13.5. The van der Waals surface area contributed by atoms with Crippen molar-refractivity contribution >= 4 is 17.5 Å². The average Bonchev–Trinajstić information content (AvgIpc) is 2.45. The molecule has 0 saturated heterocycles. The third-order valence-electron chi connectivity index (χ3n) is 2.28. The van der Waals surface area contributed by atoms with Crippen LogP contribution in [-0.2, 0) is 11.3 Å². The summed E-state index contributed by atoms with van der Waals surface area (Å²) in [5.41, 5.74) is 0.966. The Bertz CT molecular complexity index is 531. The van der Waals surface area contributed by atoms with Gasteiger partial charge in [-0.25, -0.2) is 9.97 Å². The molecule has 5 nitrogen and oxygen atoms in total. The Labute approximate surface area is 115 Å². The van der Waals surface area contributed by atoms with Gasteiger partial charge in [-0.3, -0.25) is 4.79 Å². The fourth-order valence-electron chi connectivity index (χ4n) is 1.34. The summed E-state index contributed by atoms with van der Waals surface area (Å²) in [4.78, 5) is 19.2. The number of aromatic nitrogens is 2. The van der Waals surface area contributed by atoms with Gasteiger partial charge < -0.3 is 10.1 Å². The molecule has 1 aromatic heterocycles. The quantitative estimate of drug-likeness (QED) is 0.905. The van der Waals surface area contributed by atoms with Crippen LogP contribution in [-0.4, -0.2) is 22.5 Å². The van der Waals surface area contributed by atoms with Crippen molar-refractivity contribution < 1.29 is 9.53 Å². The zero-order valence-electron chi connectivity index (χ0n) is 10.0. The second-order valence-electron chi connectivity index (χ2n) is 3.72. The van der Waals surface area contributed by atoms with E-state index in [9.17, 15) is 4.79 Å². The number of halogens is 1. The molecular weight excluding hydrogens is 266 g/mol. The van der Waals surface area contributed by atoms with Gasteiger partial charge in [0.15, 0.2) is 6.61 Å². The lowest BCUT2D eigenvalue weighted by molar-refractivity contribution is -0.123. The molecule has 0 spiro atoms. The van der Waals surface area contributed by atoms with Crippen LogP contribution >= 0.6 is 11.6 Å². The van der Waals surface area contributed by atoms with E-state index in [-0.39, 0.29) is 18.5 Å². The van der Waals surface area contributed by atoms with Gasteiger partial charge >= 0.3 is 6.01 Å². The molecule has 0 aliphatic rings. The predicted octanol–water partition coefficient (Wildman–Crippen LogP) is 1.83. The highest BCUT2D eigenvalue weighted by Gasteiger charge is 2.03. The second-order valence-corrected chi connectivity index (χ2v) is 4.16. The van der Waals surface area contributed by atoms with E-state index in [0.29, 0.717) is 11.6 Å². The highest BCUT2D eigenvalue weighted by molar-refractivity contribution is 6.30. The molecule has 0 radical (unpaired) electrons. The van der Waals surface area contributed by atoms with E-state index in [4.69, 9.17) is 16.3 Å². The molecule has 1 heterocycles. The summed E-state index contributed by atoms with van der Waals surface area (Å²) in [5.74, 6) is -0.234. The first-order chi connectivity index (χ1) is 9.24. The molecule has 0 fully saturated rings. The standard InChI is InChI=1S/C13H12ClN3O2/c14-11-4-2-10(3-5-11)8-17-12(18)9-19-13-15-6-1-7-16-13/h1-7H,8-9H2,(H,17,18). The maximum Gasteiger partial charge on any atom is 0.316 e. The lowest BCUT2D eigenvalue weighted by Gasteiger charge is -2.06. The monoisotopic (exact) mass is 277 g/mol. The van der Waals surface area contributed by atoms with Gasteiger partial charge in [-0.1, -0.05) is 23.7 Å². The number of amides is 1. The number of hydrogen-bond acceptors (Lipinski definition) is 4. The molecule has 0 saturated carbocycles. The minimum absolute atomic E-state index is 0.113. The van der Waals surface area contributed by atoms with Gasteiger partial charge in [-0.2, -0.15) is 0 Å². The summed E-state index contributed by atoms with van der Waals surface area (Å²) in [6.45, 7) is 0.312. The van der Waals surface area contributed by atoms with E-state index in [2.05, 4.69) is 15.3 Å². The maximum atomic E-state index is 11.5. The van der Waals surface area contributed by atoms with Crippen molar-refractivity contribution in [1.82, 2.24) is 15.3 Å². The van der Waals surface area contributed by atoms with Gasteiger partial charge in [0.2, 0.25) is 0 Å². The Hall–Kier alpha value is -2.14. The van der Waals surface area contributed by atoms with Crippen molar-refractivity contribution in [2.45, 2.75) is 6.54 Å². The first-order valence-electron chi connectivity index (χ1n) is 5.65. The van der Waals surface area contributed by atoms with E-state index in [1.807, 2.05) is 12.1 Å². The Morgan fingerprint density at radius 3 is 2.58 bits per heavy atom. The molecular formula is C13H12ClN3O2. The number of hydrogen-bond donors (Lipinski definition) is 1. The molecule has 0 unspecified atom stereocenters. The SMILES string of the molecule is O=C(COc1ncccn1)NCc1ccc(Cl)cc1. The van der Waals surface area contributed by atoms with Gasteiger partial charge in [0.25, 0.3) is 5.91 Å². The first-order valence-corrected chi connectivity index (χ1v) is 6.03. The highest BCUT2D eigenvalue weighted by Crippen LogP contribution is 2.09. The molecule has 98 valence electrons. The molecule has 19 heavy (non-hydrogen) atoms. The summed E-state index contributed by atoms with van der Waals surface area (Å²) >= 11 is 5.77. The van der Waals surface area contributed by atoms with Crippen molar-refractivity contribution in [1.29, 1.82) is 0 Å². The van der Waals surface area contributed by atoms with Crippen molar-refractivity contribution in [2.75, 3.05) is 6.61 Å². The third-order valence-corrected chi connectivity index (χ3v) is 2.53. The Balaban J connectivity index is 1.74. The first kappa shape index (κ1) is 13.3. The predicted molar refractivity (Wildman–Crippen MR) is 70.8 cm³/mol. The van der Waals surface area contributed by atoms with E-state index < -0.39 is 0 Å². The van der Waals surface area contributed by atoms with Crippen LogP contribution < -0.4 is 10.1 Å². The fraction of sp³-hybridized carbons (Fsp3) is 0.154. The minimum Gasteiger partial charge on any atom is -0.453 e. The summed E-state index contributed by atoms with van der Waals surface area (Å²) in [6, 6.07) is 9.11. The lowest BCUT2D eigenvalue weighted by atomic mass is 10.2. The Morgan fingerprint density at radius 1 is 1.21 bits per heavy atom. The van der Waals surface area contributed by atoms with Crippen molar-refractivity contribution in [3.8, 4) is 6.01 Å². The average molecular weight is 278 g/mol. The number of nitrogens with one attached hydrogen (secondary N) is 1. The van der Waals surface area contributed by atoms with Crippen LogP contribution in [0.25, 0.3) is 0 Å². The van der Waals surface area contributed by atoms with Gasteiger partial charge in [-0.15, -0.1) is 0 Å². The number of carbonyl (C=O) groups excluding carboxylic acids is 1. The molecule has 1 N–H and O–H groups in total. The van der Waals surface area contributed by atoms with E-state index in [0.717, 1.165) is 5.56 Å². The van der Waals surface area contributed by atoms with E-state index >= 15 is 0 Å². The summed E-state index contributed by atoms with van der Waals surface area (Å²) in [7, 11) is 0. The Morgan fingerprint density at radius 2 is 1.89 bits per heavy atom. The summed E-state index contributed by atoms with van der Waals surface area (Å²) in [5, 5.41) is 3.39. The number of rotatable bonds is 5. The molecule has 0 atom stereocenters. The van der Waals surface area contributed by atoms with E-state index in [1.165, 1.54) is 0 Å². The lowest BCUT2D eigenvalue weighted by Crippen LogP contribution is -2.28. The zero-order valence-corrected chi connectivity index (χ0v) is 10.8. The minimum atomic E-state index is -0.234. The maximum absolute atomic E-state index is 11.5. The topological polar surface area (TPSA) is 64.1 Å². The van der Waals surface area contributed by atoms with Crippen molar-refractivity contribution in [2.24, 2.45) is 0 Å². The molecule has 2 rings (SSSR count). The van der Waals surface area contributed by atoms with Crippen LogP contribution in [0.2, 0.25) is 5.02 Å². The summed E-state index contributed by atoms with van der Waals surface area (Å²) in [6.07, 6.45) is 3.10. The summed E-state index contributed by atoms with van der Waals surface area (Å²) < 4.78 is 5.12. The largest absolute Gasteiger partial charge is 0.453 e. The molecule has 1 aromatic carbocycles. The second kappa shape index (κ2) is 6.70. The molecule has 0 aliphatic carbocycles. The van der Waals surface area contributed by atoms with Crippen LogP contribution in [0.1, 0.15) is 5.56 Å². The normalized spacial score (nSPS) is 9.95. The molecule has 2 aromatic rings. The van der Waals surface area contributed by atoms with Crippen LogP contribution in [0.15, 0.2) is 42.7 Å². The number of benzene rings is 1. The van der Waals surface area contributed by atoms with Crippen molar-refractivity contribution in [3.05, 3.63) is 53.3 Å². The number of nitrogens with zero attached hydrogens (tertiary/aromatic N) is 2. The van der Waals surface area contributed by atoms with Crippen LogP contribution in [0.5, 0.6) is 6.01 Å². The molecule has 1 amide bonds. The molecule has 0 aliphatic heterocycles. The third kappa shape index (κ3) is 4.56. The number of ether oxygens (including phenoxy) is 1. The van der Waals surface area contributed by atoms with Gasteiger partial charge in [0.1, 0.15) is 0 Å². The van der Waals surface area contributed by atoms with Crippen LogP contribution in [0.4, 0.5) is 0 Å². The van der Waals surface area contributed by atoms with E-state index in [1.54, 1.807) is 30.6 Å². The van der Waals surface area contributed by atoms with Crippen LogP contribution in [0.3, 0.4) is 0 Å². The molecule has 6 heteroatoms. The highest BCUT2D eigenvalue weighted by atomic mass is 35.5. The van der Waals surface area contributed by atoms with Crippen molar-refractivity contribution in [3.63, 3.8) is 0 Å². The van der Waals surface area contributed by atoms with Gasteiger partial charge in [-0.05, 0) is 23.8 Å². The van der Waals surface area contributed by atoms with Gasteiger partial charge in [0.05, 0.1) is 0 Å². The fourth-order valence-corrected chi connectivity index (χ4v) is 1.47. The number of carbonyl (C=O) groups is 1. The van der Waals surface area contributed by atoms with Gasteiger partial charge in [0, 0.05) is 24.0 Å². The smallest absolute Gasteiger partial charge is 0.316 e. The van der Waals surface area contributed by atoms with Crippen LogP contribution in [0, 0.1) is 0 Å². The molecule has 0 bridgehead atoms. The Kier molecular flexibility index (Phi) is 4.69.